The zero-order chi connectivity index (χ0) is 12.3. The van der Waals surface area contributed by atoms with Gasteiger partial charge in [-0.1, -0.05) is 17.3 Å². The molecule has 0 aliphatic carbocycles. The number of hydrogen-bond acceptors (Lipinski definition) is 3. The Balaban J connectivity index is 2.26. The molecule has 5 nitrogen and oxygen atoms in total. The molecule has 0 aliphatic rings. The van der Waals surface area contributed by atoms with E-state index in [9.17, 15) is 4.39 Å². The zero-order valence-electron chi connectivity index (χ0n) is 8.92. The summed E-state index contributed by atoms with van der Waals surface area (Å²) in [5.74, 6) is -0.513. The Morgan fingerprint density at radius 2 is 2.35 bits per heavy atom. The van der Waals surface area contributed by atoms with Gasteiger partial charge in [-0.2, -0.15) is 0 Å². The molecule has 0 unspecified atom stereocenters. The van der Waals surface area contributed by atoms with E-state index in [-0.39, 0.29) is 5.84 Å². The minimum Gasteiger partial charge on any atom is -0.409 e. The van der Waals surface area contributed by atoms with Gasteiger partial charge in [-0.3, -0.25) is 0 Å². The van der Waals surface area contributed by atoms with E-state index >= 15 is 0 Å². The second kappa shape index (κ2) is 4.65. The summed E-state index contributed by atoms with van der Waals surface area (Å²) in [6.45, 7) is 0.391. The number of imidazole rings is 1. The second-order valence-corrected chi connectivity index (χ2v) is 3.53. The first-order valence-electron chi connectivity index (χ1n) is 4.93. The number of rotatable bonds is 3. The molecule has 0 fully saturated rings. The molecule has 3 N–H and O–H groups in total. The van der Waals surface area contributed by atoms with Crippen LogP contribution in [0.2, 0.25) is 0 Å². The third-order valence-electron chi connectivity index (χ3n) is 2.37. The van der Waals surface area contributed by atoms with Crippen LogP contribution in [0.4, 0.5) is 4.39 Å². The van der Waals surface area contributed by atoms with Gasteiger partial charge in [0.2, 0.25) is 0 Å². The van der Waals surface area contributed by atoms with Crippen LogP contribution in [-0.2, 0) is 6.54 Å². The lowest BCUT2D eigenvalue weighted by atomic mass is 10.1. The summed E-state index contributed by atoms with van der Waals surface area (Å²) in [5, 5.41) is 11.3. The average Bonchev–Trinajstić information content (AvgIpc) is 2.83. The van der Waals surface area contributed by atoms with Crippen LogP contribution < -0.4 is 5.73 Å². The maximum atomic E-state index is 13.7. The number of nitrogens with zero attached hydrogens (tertiary/aromatic N) is 3. The van der Waals surface area contributed by atoms with Crippen molar-refractivity contribution < 1.29 is 9.60 Å². The van der Waals surface area contributed by atoms with E-state index in [1.165, 1.54) is 6.07 Å². The molecule has 2 aromatic rings. The molecule has 1 heterocycles. The number of hydrogen-bond donors (Lipinski definition) is 2. The minimum atomic E-state index is -0.400. The molecule has 0 saturated heterocycles. The third-order valence-corrected chi connectivity index (χ3v) is 2.37. The van der Waals surface area contributed by atoms with E-state index in [4.69, 9.17) is 10.9 Å². The Morgan fingerprint density at radius 3 is 2.94 bits per heavy atom. The van der Waals surface area contributed by atoms with Gasteiger partial charge in [-0.05, 0) is 6.07 Å². The van der Waals surface area contributed by atoms with Crippen LogP contribution >= 0.6 is 0 Å². The normalized spacial score (nSPS) is 11.7. The van der Waals surface area contributed by atoms with Gasteiger partial charge in [0.1, 0.15) is 5.82 Å². The molecule has 0 atom stereocenters. The highest BCUT2D eigenvalue weighted by atomic mass is 19.1. The highest BCUT2D eigenvalue weighted by Crippen LogP contribution is 2.12. The monoisotopic (exact) mass is 234 g/mol. The van der Waals surface area contributed by atoms with E-state index in [0.717, 1.165) is 0 Å². The van der Waals surface area contributed by atoms with E-state index in [2.05, 4.69) is 10.1 Å². The van der Waals surface area contributed by atoms with Crippen molar-refractivity contribution in [3.63, 3.8) is 0 Å². The predicted octanol–water partition coefficient (Wildman–Crippen LogP) is 1.17. The Hall–Kier alpha value is -2.37. The van der Waals surface area contributed by atoms with Crippen molar-refractivity contribution in [1.29, 1.82) is 0 Å². The molecule has 1 aromatic carbocycles. The number of nitrogens with two attached hydrogens (primary N) is 1. The van der Waals surface area contributed by atoms with Gasteiger partial charge in [0.25, 0.3) is 0 Å². The number of oxime groups is 1. The largest absolute Gasteiger partial charge is 0.409 e. The van der Waals surface area contributed by atoms with Crippen molar-refractivity contribution in [2.75, 3.05) is 0 Å². The minimum absolute atomic E-state index is 0.113. The first-order valence-corrected chi connectivity index (χ1v) is 4.93. The summed E-state index contributed by atoms with van der Waals surface area (Å²) in [6, 6.07) is 4.44. The molecule has 17 heavy (non-hydrogen) atoms. The van der Waals surface area contributed by atoms with Gasteiger partial charge in [0.15, 0.2) is 5.84 Å². The lowest BCUT2D eigenvalue weighted by Crippen LogP contribution is -2.13. The van der Waals surface area contributed by atoms with Crippen LogP contribution in [-0.4, -0.2) is 20.6 Å². The molecule has 88 valence electrons. The van der Waals surface area contributed by atoms with Crippen LogP contribution in [0.1, 0.15) is 11.1 Å². The van der Waals surface area contributed by atoms with Crippen molar-refractivity contribution in [2.24, 2.45) is 10.9 Å². The Morgan fingerprint density at radius 1 is 1.53 bits per heavy atom. The SMILES string of the molecule is N/C(=N\O)c1ccc(Cn2ccnc2)c(F)c1. The van der Waals surface area contributed by atoms with Gasteiger partial charge in [0.05, 0.1) is 12.9 Å². The van der Waals surface area contributed by atoms with E-state index in [1.54, 1.807) is 35.4 Å². The summed E-state index contributed by atoms with van der Waals surface area (Å²) < 4.78 is 15.5. The highest BCUT2D eigenvalue weighted by molar-refractivity contribution is 5.97. The first-order chi connectivity index (χ1) is 8.20. The van der Waals surface area contributed by atoms with E-state index in [1.807, 2.05) is 0 Å². The van der Waals surface area contributed by atoms with Crippen molar-refractivity contribution in [3.05, 3.63) is 53.9 Å². The molecule has 1 aromatic heterocycles. The average molecular weight is 234 g/mol. The standard InChI is InChI=1S/C11H11FN4O/c12-10-5-8(11(13)15-17)1-2-9(10)6-16-4-3-14-7-16/h1-5,7,17H,6H2,(H2,13,15). The summed E-state index contributed by atoms with van der Waals surface area (Å²) in [6.07, 6.45) is 4.98. The van der Waals surface area contributed by atoms with Crippen LogP contribution in [0.3, 0.4) is 0 Å². The number of amidine groups is 1. The summed E-state index contributed by atoms with van der Waals surface area (Å²) in [5.41, 5.74) is 6.23. The topological polar surface area (TPSA) is 76.4 Å². The van der Waals surface area contributed by atoms with Gasteiger partial charge in [0, 0.05) is 23.5 Å². The number of halogens is 1. The molecule has 0 radical (unpaired) electrons. The second-order valence-electron chi connectivity index (χ2n) is 3.53. The predicted molar refractivity (Wildman–Crippen MR) is 60.2 cm³/mol. The fraction of sp³-hybridized carbons (Fsp3) is 0.0909. The molecular formula is C11H11FN4O. The van der Waals surface area contributed by atoms with Crippen LogP contribution in [0.15, 0.2) is 42.1 Å². The molecule has 6 heteroatoms. The van der Waals surface area contributed by atoms with Gasteiger partial charge in [-0.25, -0.2) is 9.37 Å². The summed E-state index contributed by atoms with van der Waals surface area (Å²) in [4.78, 5) is 3.88. The molecule has 0 amide bonds. The van der Waals surface area contributed by atoms with Crippen molar-refractivity contribution in [3.8, 4) is 0 Å². The lowest BCUT2D eigenvalue weighted by Gasteiger charge is -2.06. The van der Waals surface area contributed by atoms with Crippen LogP contribution in [0, 0.1) is 5.82 Å². The molecule has 2 rings (SSSR count). The fourth-order valence-corrected chi connectivity index (χ4v) is 1.47. The maximum Gasteiger partial charge on any atom is 0.170 e. The molecule has 0 bridgehead atoms. The number of benzene rings is 1. The molecular weight excluding hydrogens is 223 g/mol. The van der Waals surface area contributed by atoms with Crippen molar-refractivity contribution in [2.45, 2.75) is 6.54 Å². The highest BCUT2D eigenvalue weighted by Gasteiger charge is 2.06. The van der Waals surface area contributed by atoms with Crippen molar-refractivity contribution in [1.82, 2.24) is 9.55 Å². The Kier molecular flexibility index (Phi) is 3.04. The maximum absolute atomic E-state index is 13.7. The van der Waals surface area contributed by atoms with Gasteiger partial charge in [-0.15, -0.1) is 0 Å². The lowest BCUT2D eigenvalue weighted by molar-refractivity contribution is 0.318. The number of aromatic nitrogens is 2. The zero-order valence-corrected chi connectivity index (χ0v) is 8.92. The first kappa shape index (κ1) is 11.1. The smallest absolute Gasteiger partial charge is 0.170 e. The van der Waals surface area contributed by atoms with Gasteiger partial charge < -0.3 is 15.5 Å². The molecule has 0 saturated carbocycles. The van der Waals surface area contributed by atoms with E-state index in [0.29, 0.717) is 17.7 Å². The Labute approximate surface area is 97.0 Å². The fourth-order valence-electron chi connectivity index (χ4n) is 1.47. The quantitative estimate of drug-likeness (QED) is 0.362. The molecule has 0 aliphatic heterocycles. The summed E-state index contributed by atoms with van der Waals surface area (Å²) in [7, 11) is 0. The van der Waals surface area contributed by atoms with Gasteiger partial charge >= 0.3 is 0 Å². The van der Waals surface area contributed by atoms with Crippen molar-refractivity contribution >= 4 is 5.84 Å². The van der Waals surface area contributed by atoms with Crippen LogP contribution in [0.25, 0.3) is 0 Å². The Bertz CT molecular complexity index is 536. The van der Waals surface area contributed by atoms with Crippen LogP contribution in [0.5, 0.6) is 0 Å². The third kappa shape index (κ3) is 2.41. The summed E-state index contributed by atoms with van der Waals surface area (Å²) >= 11 is 0. The van der Waals surface area contributed by atoms with E-state index < -0.39 is 5.82 Å². The molecule has 0 spiro atoms.